The van der Waals surface area contributed by atoms with Crippen LogP contribution in [0.2, 0.25) is 0 Å². The predicted octanol–water partition coefficient (Wildman–Crippen LogP) is 4.32. The SMILES string of the molecule is CC(C)CS(=O)(=O)c1ccncc1NC(=O)c1ccnc(Nc2ccc(C(F)(F)F)cn2)c1. The average molecular weight is 479 g/mol. The zero-order chi connectivity index (χ0) is 24.2. The lowest BCUT2D eigenvalue weighted by Crippen LogP contribution is -2.18. The number of hydrogen-bond acceptors (Lipinski definition) is 7. The average Bonchev–Trinajstić information content (AvgIpc) is 2.73. The number of carbonyl (C=O) groups is 1. The van der Waals surface area contributed by atoms with Gasteiger partial charge in [0.05, 0.1) is 28.1 Å². The molecule has 0 radical (unpaired) electrons. The van der Waals surface area contributed by atoms with Crippen molar-refractivity contribution in [1.82, 2.24) is 15.0 Å². The Bertz CT molecular complexity index is 1250. The standard InChI is InChI=1S/C21H20F3N5O3S/c1-13(2)12-33(31,32)17-6-7-25-11-16(17)28-20(30)14-5-8-26-19(9-14)29-18-4-3-15(10-27-18)21(22,23)24/h3-11,13H,12H2,1-2H3,(H,28,30)(H,26,27,29). The van der Waals surface area contributed by atoms with Crippen molar-refractivity contribution >= 4 is 33.1 Å². The number of halogens is 3. The normalized spacial score (nSPS) is 11.9. The largest absolute Gasteiger partial charge is 0.417 e. The van der Waals surface area contributed by atoms with Crippen molar-refractivity contribution in [2.45, 2.75) is 24.9 Å². The summed E-state index contributed by atoms with van der Waals surface area (Å²) in [5.41, 5.74) is -0.719. The summed E-state index contributed by atoms with van der Waals surface area (Å²) in [4.78, 5) is 24.3. The van der Waals surface area contributed by atoms with E-state index >= 15 is 0 Å². The molecular weight excluding hydrogens is 459 g/mol. The third kappa shape index (κ3) is 6.25. The van der Waals surface area contributed by atoms with E-state index in [9.17, 15) is 26.4 Å². The van der Waals surface area contributed by atoms with Crippen LogP contribution in [0.25, 0.3) is 0 Å². The van der Waals surface area contributed by atoms with E-state index < -0.39 is 27.5 Å². The van der Waals surface area contributed by atoms with Crippen LogP contribution in [0.5, 0.6) is 0 Å². The summed E-state index contributed by atoms with van der Waals surface area (Å²) >= 11 is 0. The molecule has 3 aromatic rings. The molecule has 0 saturated carbocycles. The van der Waals surface area contributed by atoms with Crippen molar-refractivity contribution in [3.8, 4) is 0 Å². The number of nitrogens with zero attached hydrogens (tertiary/aromatic N) is 3. The lowest BCUT2D eigenvalue weighted by Gasteiger charge is -2.13. The molecule has 3 aromatic heterocycles. The van der Waals surface area contributed by atoms with Crippen LogP contribution in [-0.4, -0.2) is 35.0 Å². The quantitative estimate of drug-likeness (QED) is 0.519. The number of alkyl halides is 3. The molecule has 12 heteroatoms. The minimum atomic E-state index is -4.50. The number of anilines is 3. The Morgan fingerprint density at radius 2 is 1.79 bits per heavy atom. The molecule has 8 nitrogen and oxygen atoms in total. The van der Waals surface area contributed by atoms with Crippen LogP contribution in [-0.2, 0) is 16.0 Å². The van der Waals surface area contributed by atoms with Crippen molar-refractivity contribution in [1.29, 1.82) is 0 Å². The van der Waals surface area contributed by atoms with Gasteiger partial charge < -0.3 is 10.6 Å². The maximum Gasteiger partial charge on any atom is 0.417 e. The van der Waals surface area contributed by atoms with E-state index in [-0.39, 0.29) is 39.5 Å². The molecule has 3 heterocycles. The van der Waals surface area contributed by atoms with Gasteiger partial charge >= 0.3 is 6.18 Å². The molecule has 0 saturated heterocycles. The fourth-order valence-corrected chi connectivity index (χ4v) is 4.64. The van der Waals surface area contributed by atoms with Crippen LogP contribution < -0.4 is 10.6 Å². The van der Waals surface area contributed by atoms with E-state index in [2.05, 4.69) is 25.6 Å². The van der Waals surface area contributed by atoms with Crippen LogP contribution >= 0.6 is 0 Å². The van der Waals surface area contributed by atoms with Gasteiger partial charge in [0.2, 0.25) is 0 Å². The van der Waals surface area contributed by atoms with Gasteiger partial charge in [-0.15, -0.1) is 0 Å². The van der Waals surface area contributed by atoms with Gasteiger partial charge in [0, 0.05) is 24.2 Å². The summed E-state index contributed by atoms with van der Waals surface area (Å²) in [5, 5.41) is 5.27. The van der Waals surface area contributed by atoms with E-state index in [0.29, 0.717) is 6.20 Å². The monoisotopic (exact) mass is 479 g/mol. The predicted molar refractivity (Wildman–Crippen MR) is 116 cm³/mol. The van der Waals surface area contributed by atoms with E-state index in [1.165, 1.54) is 36.8 Å². The molecule has 1 amide bonds. The Hall–Kier alpha value is -3.54. The number of pyridine rings is 3. The van der Waals surface area contributed by atoms with Gasteiger partial charge in [0.15, 0.2) is 9.84 Å². The maximum absolute atomic E-state index is 12.7. The summed E-state index contributed by atoms with van der Waals surface area (Å²) in [6.45, 7) is 3.54. The second-order valence-corrected chi connectivity index (χ2v) is 9.49. The van der Waals surface area contributed by atoms with Crippen molar-refractivity contribution < 1.29 is 26.4 Å². The van der Waals surface area contributed by atoms with Crippen LogP contribution in [0, 0.1) is 5.92 Å². The lowest BCUT2D eigenvalue weighted by atomic mass is 10.2. The molecule has 0 spiro atoms. The highest BCUT2D eigenvalue weighted by atomic mass is 32.2. The van der Waals surface area contributed by atoms with Gasteiger partial charge in [0.25, 0.3) is 5.91 Å². The van der Waals surface area contributed by atoms with E-state index in [4.69, 9.17) is 0 Å². The minimum Gasteiger partial charge on any atom is -0.325 e. The van der Waals surface area contributed by atoms with Crippen LogP contribution in [0.4, 0.5) is 30.5 Å². The zero-order valence-electron chi connectivity index (χ0n) is 17.6. The highest BCUT2D eigenvalue weighted by Gasteiger charge is 2.30. The molecule has 0 atom stereocenters. The molecule has 0 aliphatic carbocycles. The Kier molecular flexibility index (Phi) is 6.96. The summed E-state index contributed by atoms with van der Waals surface area (Å²) in [6, 6.07) is 6.09. The fraction of sp³-hybridized carbons (Fsp3) is 0.238. The summed E-state index contributed by atoms with van der Waals surface area (Å²) < 4.78 is 63.3. The first-order valence-corrected chi connectivity index (χ1v) is 11.4. The fourth-order valence-electron chi connectivity index (χ4n) is 2.88. The van der Waals surface area contributed by atoms with Crippen molar-refractivity contribution in [3.05, 3.63) is 66.2 Å². The molecule has 0 fully saturated rings. The first-order chi connectivity index (χ1) is 15.5. The molecular formula is C21H20F3N5O3S. The smallest absolute Gasteiger partial charge is 0.325 e. The first-order valence-electron chi connectivity index (χ1n) is 9.70. The maximum atomic E-state index is 12.7. The van der Waals surface area contributed by atoms with E-state index in [1.54, 1.807) is 13.8 Å². The number of carbonyl (C=O) groups excluding carboxylic acids is 1. The molecule has 0 aliphatic heterocycles. The number of nitrogens with one attached hydrogen (secondary N) is 2. The van der Waals surface area contributed by atoms with Gasteiger partial charge in [-0.3, -0.25) is 9.78 Å². The Balaban J connectivity index is 1.79. The van der Waals surface area contributed by atoms with Gasteiger partial charge in [-0.2, -0.15) is 13.2 Å². The molecule has 0 unspecified atom stereocenters. The van der Waals surface area contributed by atoms with E-state index in [1.807, 2.05) is 0 Å². The molecule has 3 rings (SSSR count). The van der Waals surface area contributed by atoms with Gasteiger partial charge in [-0.1, -0.05) is 13.8 Å². The van der Waals surface area contributed by atoms with Crippen molar-refractivity contribution in [2.75, 3.05) is 16.4 Å². The summed E-state index contributed by atoms with van der Waals surface area (Å²) in [7, 11) is -3.65. The van der Waals surface area contributed by atoms with Crippen molar-refractivity contribution in [2.24, 2.45) is 5.92 Å². The Morgan fingerprint density at radius 1 is 1.03 bits per heavy atom. The second kappa shape index (κ2) is 9.53. The third-order valence-corrected chi connectivity index (χ3v) is 6.42. The first kappa shape index (κ1) is 24.1. The van der Waals surface area contributed by atoms with Crippen LogP contribution in [0.3, 0.4) is 0 Å². The lowest BCUT2D eigenvalue weighted by molar-refractivity contribution is -0.137. The molecule has 0 bridgehead atoms. The number of sulfone groups is 1. The summed E-state index contributed by atoms with van der Waals surface area (Å²) in [6.07, 6.45) is 0.0724. The third-order valence-electron chi connectivity index (χ3n) is 4.29. The molecule has 0 aromatic carbocycles. The Morgan fingerprint density at radius 3 is 2.42 bits per heavy atom. The van der Waals surface area contributed by atoms with E-state index in [0.717, 1.165) is 12.1 Å². The topological polar surface area (TPSA) is 114 Å². The highest BCUT2D eigenvalue weighted by Crippen LogP contribution is 2.29. The Labute approximate surface area is 188 Å². The zero-order valence-corrected chi connectivity index (χ0v) is 18.4. The molecule has 0 aliphatic rings. The van der Waals surface area contributed by atoms with Gasteiger partial charge in [-0.25, -0.2) is 18.4 Å². The van der Waals surface area contributed by atoms with Gasteiger partial charge in [-0.05, 0) is 36.2 Å². The molecule has 174 valence electrons. The van der Waals surface area contributed by atoms with Crippen molar-refractivity contribution in [3.63, 3.8) is 0 Å². The van der Waals surface area contributed by atoms with Crippen LogP contribution in [0.15, 0.2) is 60.0 Å². The number of aromatic nitrogens is 3. The van der Waals surface area contributed by atoms with Crippen LogP contribution in [0.1, 0.15) is 29.8 Å². The minimum absolute atomic E-state index is 0.0406. The second-order valence-electron chi connectivity index (χ2n) is 7.49. The highest BCUT2D eigenvalue weighted by molar-refractivity contribution is 7.91. The summed E-state index contributed by atoms with van der Waals surface area (Å²) in [5.74, 6) is -0.561. The number of hydrogen-bond donors (Lipinski definition) is 2. The number of rotatable bonds is 7. The number of amides is 1. The van der Waals surface area contributed by atoms with Gasteiger partial charge in [0.1, 0.15) is 11.6 Å². The molecule has 33 heavy (non-hydrogen) atoms. The molecule has 2 N–H and O–H groups in total.